The Morgan fingerprint density at radius 2 is 2.09 bits per heavy atom. The lowest BCUT2D eigenvalue weighted by atomic mass is 10.1. The molecule has 0 aliphatic heterocycles. The van der Waals surface area contributed by atoms with Gasteiger partial charge < -0.3 is 10.1 Å². The highest BCUT2D eigenvalue weighted by Crippen LogP contribution is 2.24. The van der Waals surface area contributed by atoms with Gasteiger partial charge >= 0.3 is 0 Å². The van der Waals surface area contributed by atoms with E-state index in [1.807, 2.05) is 24.3 Å². The second-order valence-electron chi connectivity index (χ2n) is 4.65. The highest BCUT2D eigenvalue weighted by molar-refractivity contribution is 6.31. The number of nitrogens with one attached hydrogen (secondary N) is 1. The summed E-state index contributed by atoms with van der Waals surface area (Å²) in [6, 6.07) is 15.9. The van der Waals surface area contributed by atoms with E-state index in [2.05, 4.69) is 5.32 Å². The van der Waals surface area contributed by atoms with E-state index in [1.54, 1.807) is 37.4 Å². The van der Waals surface area contributed by atoms with Gasteiger partial charge in [-0.15, -0.1) is 0 Å². The minimum absolute atomic E-state index is 0.258. The van der Waals surface area contributed by atoms with Crippen LogP contribution in [0.3, 0.4) is 0 Å². The number of carbonyl (C=O) groups excluding carboxylic acids is 1. The quantitative estimate of drug-likeness (QED) is 0.920. The number of ether oxygens (including phenoxy) is 1. The van der Waals surface area contributed by atoms with Gasteiger partial charge in [0.1, 0.15) is 6.10 Å². The molecule has 2 aromatic carbocycles. The summed E-state index contributed by atoms with van der Waals surface area (Å²) in [6.45, 7) is 0.288. The largest absolute Gasteiger partial charge is 0.375 e. The summed E-state index contributed by atoms with van der Waals surface area (Å²) >= 11 is 6.14. The third kappa shape index (κ3) is 3.85. The average molecular weight is 315 g/mol. The van der Waals surface area contributed by atoms with Gasteiger partial charge in [0, 0.05) is 29.8 Å². The Kier molecular flexibility index (Phi) is 5.54. The van der Waals surface area contributed by atoms with E-state index >= 15 is 0 Å². The zero-order chi connectivity index (χ0) is 15.9. The smallest absolute Gasteiger partial charge is 0.251 e. The van der Waals surface area contributed by atoms with Crippen LogP contribution in [0.1, 0.15) is 27.6 Å². The van der Waals surface area contributed by atoms with Crippen LogP contribution in [-0.2, 0) is 4.74 Å². The summed E-state index contributed by atoms with van der Waals surface area (Å²) < 4.78 is 5.40. The first-order valence-electron chi connectivity index (χ1n) is 6.71. The number of halogens is 1. The Hall–Kier alpha value is -2.35. The second kappa shape index (κ2) is 7.60. The Morgan fingerprint density at radius 1 is 1.32 bits per heavy atom. The van der Waals surface area contributed by atoms with Crippen molar-refractivity contribution in [2.24, 2.45) is 0 Å². The molecule has 0 heterocycles. The van der Waals surface area contributed by atoms with Gasteiger partial charge in [-0.05, 0) is 24.3 Å². The molecule has 0 radical (unpaired) electrons. The molecule has 0 bridgehead atoms. The number of amides is 1. The standard InChI is InChI=1S/C17H15ClN2O2/c1-22-16(14-7-2-3-8-15(14)18)11-20-17(21)13-6-4-5-12(9-13)10-19/h2-9,16H,11H2,1H3,(H,20,21). The van der Waals surface area contributed by atoms with Crippen LogP contribution in [0.5, 0.6) is 0 Å². The van der Waals surface area contributed by atoms with Crippen molar-refractivity contribution in [2.75, 3.05) is 13.7 Å². The maximum atomic E-state index is 12.1. The first-order chi connectivity index (χ1) is 10.7. The molecule has 0 saturated heterocycles. The molecule has 0 aliphatic rings. The SMILES string of the molecule is COC(CNC(=O)c1cccc(C#N)c1)c1ccccc1Cl. The molecule has 4 nitrogen and oxygen atoms in total. The topological polar surface area (TPSA) is 62.1 Å². The number of nitriles is 1. The van der Waals surface area contributed by atoms with Gasteiger partial charge in [-0.25, -0.2) is 0 Å². The average Bonchev–Trinajstić information content (AvgIpc) is 2.56. The third-order valence-corrected chi connectivity index (χ3v) is 3.58. The summed E-state index contributed by atoms with van der Waals surface area (Å²) in [5.41, 5.74) is 1.70. The summed E-state index contributed by atoms with van der Waals surface area (Å²) in [5, 5.41) is 12.3. The fraction of sp³-hybridized carbons (Fsp3) is 0.176. The van der Waals surface area contributed by atoms with E-state index in [-0.39, 0.29) is 18.6 Å². The predicted octanol–water partition coefficient (Wildman–Crippen LogP) is 3.33. The molecule has 0 aliphatic carbocycles. The Balaban J connectivity index is 2.06. The lowest BCUT2D eigenvalue weighted by Crippen LogP contribution is -2.29. The first-order valence-corrected chi connectivity index (χ1v) is 7.09. The van der Waals surface area contributed by atoms with Gasteiger partial charge in [-0.2, -0.15) is 5.26 Å². The van der Waals surface area contributed by atoms with Crippen molar-refractivity contribution in [3.05, 3.63) is 70.2 Å². The highest BCUT2D eigenvalue weighted by atomic mass is 35.5. The van der Waals surface area contributed by atoms with Crippen molar-refractivity contribution in [1.82, 2.24) is 5.32 Å². The number of hydrogen-bond acceptors (Lipinski definition) is 3. The molecule has 1 unspecified atom stereocenters. The summed E-state index contributed by atoms with van der Waals surface area (Å²) in [7, 11) is 1.57. The molecule has 1 amide bonds. The molecule has 5 heteroatoms. The van der Waals surface area contributed by atoms with Crippen molar-refractivity contribution in [2.45, 2.75) is 6.10 Å². The molecule has 1 atom stereocenters. The number of rotatable bonds is 5. The van der Waals surface area contributed by atoms with E-state index < -0.39 is 0 Å². The minimum atomic E-state index is -0.336. The molecule has 0 saturated carbocycles. The molecule has 0 spiro atoms. The molecule has 0 fully saturated rings. The van der Waals surface area contributed by atoms with Crippen molar-refractivity contribution in [3.8, 4) is 6.07 Å². The first kappa shape index (κ1) is 16.0. The van der Waals surface area contributed by atoms with Gasteiger partial charge in [-0.3, -0.25) is 4.79 Å². The van der Waals surface area contributed by atoms with Crippen LogP contribution in [0.2, 0.25) is 5.02 Å². The molecule has 2 aromatic rings. The molecule has 112 valence electrons. The van der Waals surface area contributed by atoms with Gasteiger partial charge in [-0.1, -0.05) is 35.9 Å². The second-order valence-corrected chi connectivity index (χ2v) is 5.06. The molecule has 2 rings (SSSR count). The van der Waals surface area contributed by atoms with Crippen LogP contribution < -0.4 is 5.32 Å². The monoisotopic (exact) mass is 314 g/mol. The van der Waals surface area contributed by atoms with Gasteiger partial charge in [0.25, 0.3) is 5.91 Å². The third-order valence-electron chi connectivity index (χ3n) is 3.24. The van der Waals surface area contributed by atoms with Gasteiger partial charge in [0.05, 0.1) is 11.6 Å². The van der Waals surface area contributed by atoms with E-state index in [1.165, 1.54) is 0 Å². The highest BCUT2D eigenvalue weighted by Gasteiger charge is 2.15. The van der Waals surface area contributed by atoms with Crippen LogP contribution in [-0.4, -0.2) is 19.6 Å². The number of carbonyl (C=O) groups is 1. The lowest BCUT2D eigenvalue weighted by Gasteiger charge is -2.17. The van der Waals surface area contributed by atoms with Crippen LogP contribution in [0.15, 0.2) is 48.5 Å². The lowest BCUT2D eigenvalue weighted by molar-refractivity contribution is 0.0828. The molecular formula is C17H15ClN2O2. The van der Waals surface area contributed by atoms with E-state index in [9.17, 15) is 4.79 Å². The Bertz CT molecular complexity index is 710. The molecular weight excluding hydrogens is 300 g/mol. The van der Waals surface area contributed by atoms with E-state index in [4.69, 9.17) is 21.6 Å². The van der Waals surface area contributed by atoms with Crippen molar-refractivity contribution < 1.29 is 9.53 Å². The number of benzene rings is 2. The zero-order valence-corrected chi connectivity index (χ0v) is 12.8. The Labute approximate surface area is 134 Å². The maximum absolute atomic E-state index is 12.1. The Morgan fingerprint density at radius 3 is 2.77 bits per heavy atom. The van der Waals surface area contributed by atoms with E-state index in [0.717, 1.165) is 5.56 Å². The zero-order valence-electron chi connectivity index (χ0n) is 12.0. The summed E-state index contributed by atoms with van der Waals surface area (Å²) in [5.74, 6) is -0.258. The van der Waals surface area contributed by atoms with Gasteiger partial charge in [0.2, 0.25) is 0 Å². The summed E-state index contributed by atoms with van der Waals surface area (Å²) in [6.07, 6.45) is -0.336. The fourth-order valence-electron chi connectivity index (χ4n) is 2.07. The number of hydrogen-bond donors (Lipinski definition) is 1. The van der Waals surface area contributed by atoms with Crippen LogP contribution in [0.4, 0.5) is 0 Å². The van der Waals surface area contributed by atoms with E-state index in [0.29, 0.717) is 16.1 Å². The van der Waals surface area contributed by atoms with Crippen molar-refractivity contribution in [1.29, 1.82) is 5.26 Å². The maximum Gasteiger partial charge on any atom is 0.251 e. The van der Waals surface area contributed by atoms with Gasteiger partial charge in [0.15, 0.2) is 0 Å². The van der Waals surface area contributed by atoms with Crippen molar-refractivity contribution >= 4 is 17.5 Å². The summed E-state index contributed by atoms with van der Waals surface area (Å²) in [4.78, 5) is 12.1. The molecule has 1 N–H and O–H groups in total. The molecule has 0 aromatic heterocycles. The van der Waals surface area contributed by atoms with Crippen LogP contribution in [0.25, 0.3) is 0 Å². The number of methoxy groups -OCH3 is 1. The predicted molar refractivity (Wildman–Crippen MR) is 84.7 cm³/mol. The number of nitrogens with zero attached hydrogens (tertiary/aromatic N) is 1. The van der Waals surface area contributed by atoms with Crippen LogP contribution in [0, 0.1) is 11.3 Å². The fourth-order valence-corrected chi connectivity index (χ4v) is 2.33. The minimum Gasteiger partial charge on any atom is -0.375 e. The molecule has 22 heavy (non-hydrogen) atoms. The van der Waals surface area contributed by atoms with Crippen molar-refractivity contribution in [3.63, 3.8) is 0 Å². The normalized spacial score (nSPS) is 11.5. The van der Waals surface area contributed by atoms with Crippen LogP contribution >= 0.6 is 11.6 Å².